The second kappa shape index (κ2) is 7.32. The molecule has 1 saturated heterocycles. The molecule has 2 aromatic rings. The van der Waals surface area contributed by atoms with Gasteiger partial charge in [0.25, 0.3) is 0 Å². The quantitative estimate of drug-likeness (QED) is 0.811. The Balaban J connectivity index is 1.54. The first kappa shape index (κ1) is 16.9. The van der Waals surface area contributed by atoms with Crippen LogP contribution in [0.2, 0.25) is 0 Å². The van der Waals surface area contributed by atoms with Crippen molar-refractivity contribution in [1.82, 2.24) is 19.8 Å². The van der Waals surface area contributed by atoms with E-state index < -0.39 is 0 Å². The predicted molar refractivity (Wildman–Crippen MR) is 91.9 cm³/mol. The van der Waals surface area contributed by atoms with E-state index in [2.05, 4.69) is 19.8 Å². The van der Waals surface area contributed by atoms with Crippen LogP contribution in [0.1, 0.15) is 29.5 Å². The molecule has 1 unspecified atom stereocenters. The summed E-state index contributed by atoms with van der Waals surface area (Å²) in [5.41, 5.74) is 2.00. The molecule has 130 valence electrons. The van der Waals surface area contributed by atoms with Crippen LogP contribution < -0.4 is 4.74 Å². The molecule has 1 aliphatic heterocycles. The zero-order chi connectivity index (χ0) is 17.1. The van der Waals surface area contributed by atoms with E-state index >= 15 is 0 Å². The molecule has 3 heterocycles. The molecule has 0 radical (unpaired) electrons. The van der Waals surface area contributed by atoms with E-state index in [-0.39, 0.29) is 6.10 Å². The highest BCUT2D eigenvalue weighted by Gasteiger charge is 2.25. The topological polar surface area (TPSA) is 54.6 Å². The monoisotopic (exact) mass is 330 g/mol. The highest BCUT2D eigenvalue weighted by atomic mass is 16.5. The summed E-state index contributed by atoms with van der Waals surface area (Å²) in [7, 11) is 4.08. The van der Waals surface area contributed by atoms with Crippen LogP contribution in [-0.2, 0) is 13.1 Å². The van der Waals surface area contributed by atoms with E-state index in [0.29, 0.717) is 0 Å². The molecule has 3 rings (SSSR count). The maximum atomic E-state index is 6.14. The molecule has 6 nitrogen and oxygen atoms in total. The first-order valence-electron chi connectivity index (χ1n) is 8.41. The lowest BCUT2D eigenvalue weighted by Gasteiger charge is -2.16. The number of aryl methyl sites for hydroxylation is 2. The second-order valence-corrected chi connectivity index (χ2v) is 6.73. The molecule has 1 fully saturated rings. The van der Waals surface area contributed by atoms with E-state index in [1.807, 2.05) is 46.3 Å². The van der Waals surface area contributed by atoms with Gasteiger partial charge in [0.15, 0.2) is 0 Å². The van der Waals surface area contributed by atoms with Gasteiger partial charge in [0.2, 0.25) is 5.89 Å². The third-order valence-corrected chi connectivity index (χ3v) is 4.23. The maximum absolute atomic E-state index is 6.14. The Labute approximate surface area is 143 Å². The van der Waals surface area contributed by atoms with Crippen LogP contribution in [-0.4, -0.2) is 53.1 Å². The Morgan fingerprint density at radius 3 is 2.92 bits per heavy atom. The molecule has 0 aromatic carbocycles. The molecule has 1 atom stereocenters. The fourth-order valence-corrected chi connectivity index (χ4v) is 2.97. The molecule has 0 aliphatic carbocycles. The minimum Gasteiger partial charge on any atom is -0.489 e. The molecule has 2 aromatic heterocycles. The van der Waals surface area contributed by atoms with Gasteiger partial charge in [0.05, 0.1) is 17.9 Å². The summed E-state index contributed by atoms with van der Waals surface area (Å²) in [5, 5.41) is 0. The van der Waals surface area contributed by atoms with E-state index in [1.54, 1.807) is 0 Å². The number of rotatable bonds is 6. The van der Waals surface area contributed by atoms with Crippen LogP contribution in [0.4, 0.5) is 0 Å². The van der Waals surface area contributed by atoms with E-state index in [9.17, 15) is 0 Å². The lowest BCUT2D eigenvalue weighted by Crippen LogP contribution is -2.24. The zero-order valence-electron chi connectivity index (χ0n) is 15.0. The summed E-state index contributed by atoms with van der Waals surface area (Å²) in [6, 6.07) is 3.96. The number of aromatic nitrogens is 2. The van der Waals surface area contributed by atoms with Crippen LogP contribution in [0.5, 0.6) is 5.75 Å². The van der Waals surface area contributed by atoms with Gasteiger partial charge in [-0.1, -0.05) is 0 Å². The van der Waals surface area contributed by atoms with Crippen LogP contribution in [0.15, 0.2) is 22.7 Å². The lowest BCUT2D eigenvalue weighted by atomic mass is 10.3. The minimum absolute atomic E-state index is 0.205. The number of hydrogen-bond acceptors (Lipinski definition) is 6. The van der Waals surface area contributed by atoms with Crippen LogP contribution in [0.25, 0.3) is 0 Å². The Kier molecular flexibility index (Phi) is 5.16. The van der Waals surface area contributed by atoms with Crippen molar-refractivity contribution in [3.05, 3.63) is 41.4 Å². The van der Waals surface area contributed by atoms with Crippen molar-refractivity contribution in [3.63, 3.8) is 0 Å². The summed E-state index contributed by atoms with van der Waals surface area (Å²) in [6.07, 6.45) is 3.04. The van der Waals surface area contributed by atoms with E-state index in [0.717, 1.165) is 61.4 Å². The van der Waals surface area contributed by atoms with E-state index in [1.165, 1.54) is 0 Å². The normalized spacial score (nSPS) is 18.5. The molecule has 24 heavy (non-hydrogen) atoms. The van der Waals surface area contributed by atoms with Crippen molar-refractivity contribution in [2.45, 2.75) is 39.5 Å². The maximum Gasteiger partial charge on any atom is 0.208 e. The van der Waals surface area contributed by atoms with Gasteiger partial charge in [-0.05, 0) is 40.4 Å². The molecular formula is C18H26N4O2. The lowest BCUT2D eigenvalue weighted by molar-refractivity contribution is 0.192. The zero-order valence-corrected chi connectivity index (χ0v) is 15.0. The first-order valence-corrected chi connectivity index (χ1v) is 8.41. The Morgan fingerprint density at radius 2 is 2.21 bits per heavy atom. The Morgan fingerprint density at radius 1 is 1.38 bits per heavy atom. The van der Waals surface area contributed by atoms with Gasteiger partial charge in [-0.3, -0.25) is 9.88 Å². The van der Waals surface area contributed by atoms with Crippen molar-refractivity contribution in [3.8, 4) is 5.75 Å². The molecule has 0 amide bonds. The number of nitrogens with zero attached hydrogens (tertiary/aromatic N) is 4. The Bertz CT molecular complexity index is 664. The van der Waals surface area contributed by atoms with Crippen molar-refractivity contribution in [1.29, 1.82) is 0 Å². The second-order valence-electron chi connectivity index (χ2n) is 6.73. The van der Waals surface area contributed by atoms with Crippen molar-refractivity contribution in [2.24, 2.45) is 0 Å². The van der Waals surface area contributed by atoms with Crippen LogP contribution in [0, 0.1) is 13.8 Å². The van der Waals surface area contributed by atoms with Gasteiger partial charge >= 0.3 is 0 Å². The summed E-state index contributed by atoms with van der Waals surface area (Å²) < 4.78 is 11.8. The molecule has 0 saturated carbocycles. The minimum atomic E-state index is 0.205. The standard InChI is InChI=1S/C18H26N4O2/c1-13-14(2)23-18(20-13)12-22-8-6-17(11-22)24-16-5-7-19-15(9-16)10-21(3)4/h5,7,9,17H,6,8,10-12H2,1-4H3. The van der Waals surface area contributed by atoms with Gasteiger partial charge in [-0.2, -0.15) is 0 Å². The highest BCUT2D eigenvalue weighted by Crippen LogP contribution is 2.21. The molecular weight excluding hydrogens is 304 g/mol. The fourth-order valence-electron chi connectivity index (χ4n) is 2.97. The van der Waals surface area contributed by atoms with E-state index in [4.69, 9.17) is 9.15 Å². The smallest absolute Gasteiger partial charge is 0.208 e. The first-order chi connectivity index (χ1) is 11.5. The summed E-state index contributed by atoms with van der Waals surface area (Å²) in [5.74, 6) is 2.60. The summed E-state index contributed by atoms with van der Waals surface area (Å²) in [6.45, 7) is 7.39. The van der Waals surface area contributed by atoms with Gasteiger partial charge in [0.1, 0.15) is 17.6 Å². The molecule has 0 bridgehead atoms. The van der Waals surface area contributed by atoms with Gasteiger partial charge in [-0.25, -0.2) is 4.98 Å². The van der Waals surface area contributed by atoms with Crippen molar-refractivity contribution >= 4 is 0 Å². The van der Waals surface area contributed by atoms with Gasteiger partial charge in [0, 0.05) is 31.9 Å². The molecule has 1 aliphatic rings. The third kappa shape index (κ3) is 4.33. The van der Waals surface area contributed by atoms with Crippen LogP contribution >= 0.6 is 0 Å². The predicted octanol–water partition coefficient (Wildman–Crippen LogP) is 2.40. The molecule has 6 heteroatoms. The summed E-state index contributed by atoms with van der Waals surface area (Å²) >= 11 is 0. The summed E-state index contributed by atoms with van der Waals surface area (Å²) in [4.78, 5) is 13.3. The average molecular weight is 330 g/mol. The molecule has 0 spiro atoms. The van der Waals surface area contributed by atoms with Gasteiger partial charge in [-0.15, -0.1) is 0 Å². The SMILES string of the molecule is Cc1nc(CN2CCC(Oc3ccnc(CN(C)C)c3)C2)oc1C. The van der Waals surface area contributed by atoms with Crippen molar-refractivity contribution in [2.75, 3.05) is 27.2 Å². The Hall–Kier alpha value is -1.92. The number of pyridine rings is 1. The fraction of sp³-hybridized carbons (Fsp3) is 0.556. The number of likely N-dealkylation sites (tertiary alicyclic amines) is 1. The van der Waals surface area contributed by atoms with Crippen LogP contribution in [0.3, 0.4) is 0 Å². The number of ether oxygens (including phenoxy) is 1. The highest BCUT2D eigenvalue weighted by molar-refractivity contribution is 5.23. The van der Waals surface area contributed by atoms with Crippen molar-refractivity contribution < 1.29 is 9.15 Å². The number of hydrogen-bond donors (Lipinski definition) is 0. The van der Waals surface area contributed by atoms with Gasteiger partial charge < -0.3 is 14.1 Å². The largest absolute Gasteiger partial charge is 0.489 e. The number of oxazole rings is 1. The average Bonchev–Trinajstić information content (AvgIpc) is 3.06. The third-order valence-electron chi connectivity index (χ3n) is 4.23. The molecule has 0 N–H and O–H groups in total.